The Hall–Kier alpha value is -2.29. The minimum Gasteiger partial charge on any atom is -0.465 e. The van der Waals surface area contributed by atoms with E-state index in [0.29, 0.717) is 35.5 Å². The summed E-state index contributed by atoms with van der Waals surface area (Å²) < 4.78 is 17.7. The van der Waals surface area contributed by atoms with Gasteiger partial charge in [0.2, 0.25) is 0 Å². The number of nitrogens with zero attached hydrogens (tertiary/aromatic N) is 4. The lowest BCUT2D eigenvalue weighted by molar-refractivity contribution is 0.0533. The molecule has 3 aromatic rings. The Labute approximate surface area is 166 Å². The number of methoxy groups -OCH3 is 2. The Morgan fingerprint density at radius 1 is 1.29 bits per heavy atom. The van der Waals surface area contributed by atoms with Crippen molar-refractivity contribution in [1.82, 2.24) is 19.6 Å². The molecule has 0 amide bonds. The van der Waals surface area contributed by atoms with Crippen LogP contribution in [-0.2, 0) is 26.2 Å². The highest BCUT2D eigenvalue weighted by Gasteiger charge is 2.35. The summed E-state index contributed by atoms with van der Waals surface area (Å²) >= 11 is 6.40. The van der Waals surface area contributed by atoms with E-state index in [1.807, 2.05) is 10.5 Å². The number of aromatic nitrogens is 4. The molecule has 148 valence electrons. The Kier molecular flexibility index (Phi) is 4.95. The molecule has 28 heavy (non-hydrogen) atoms. The number of halogens is 1. The highest BCUT2D eigenvalue weighted by molar-refractivity contribution is 6.32. The molecule has 0 radical (unpaired) electrons. The molecular weight excluding hydrogens is 384 g/mol. The highest BCUT2D eigenvalue weighted by atomic mass is 35.5. The second-order valence-electron chi connectivity index (χ2n) is 7.18. The fourth-order valence-corrected chi connectivity index (χ4v) is 3.92. The van der Waals surface area contributed by atoms with Crippen molar-refractivity contribution < 1.29 is 19.0 Å². The molecule has 1 aliphatic heterocycles. The standard InChI is InChI=1S/C19H21ClN4O4/c1-19(4-6-28-7-5-19)18-23-22-16-15(20)21-13-9-12(17(25)27-3)11(10-26-2)8-14(13)24(16)18/h8-9H,4-7,10H2,1-3H3. The SMILES string of the molecule is COCc1cc2c(cc1C(=O)OC)nc(Cl)c1nnc(C3(C)CCOCC3)n12. The maximum absolute atomic E-state index is 12.2. The van der Waals surface area contributed by atoms with E-state index in [4.69, 9.17) is 25.8 Å². The number of fused-ring (bicyclic) bond motifs is 3. The number of benzene rings is 1. The van der Waals surface area contributed by atoms with Crippen LogP contribution < -0.4 is 0 Å². The minimum atomic E-state index is -0.452. The van der Waals surface area contributed by atoms with Gasteiger partial charge in [-0.3, -0.25) is 4.40 Å². The van der Waals surface area contributed by atoms with E-state index in [1.165, 1.54) is 7.11 Å². The van der Waals surface area contributed by atoms with Gasteiger partial charge in [-0.05, 0) is 30.5 Å². The van der Waals surface area contributed by atoms with Crippen molar-refractivity contribution in [3.8, 4) is 0 Å². The Morgan fingerprint density at radius 2 is 2.04 bits per heavy atom. The predicted octanol–water partition coefficient (Wildman–Crippen LogP) is 2.93. The van der Waals surface area contributed by atoms with Gasteiger partial charge in [0.25, 0.3) is 0 Å². The van der Waals surface area contributed by atoms with E-state index in [0.717, 1.165) is 24.2 Å². The van der Waals surface area contributed by atoms with Crippen LogP contribution in [0.25, 0.3) is 16.7 Å². The number of hydrogen-bond acceptors (Lipinski definition) is 7. The molecule has 0 spiro atoms. The predicted molar refractivity (Wildman–Crippen MR) is 103 cm³/mol. The van der Waals surface area contributed by atoms with Gasteiger partial charge in [-0.2, -0.15) is 0 Å². The Bertz CT molecular complexity index is 1060. The third kappa shape index (κ3) is 3.01. The van der Waals surface area contributed by atoms with Crippen LogP contribution in [0.5, 0.6) is 0 Å². The zero-order valence-corrected chi connectivity index (χ0v) is 16.7. The Balaban J connectivity index is 2.03. The first-order chi connectivity index (χ1) is 13.5. The number of carbonyl (C=O) groups excluding carboxylic acids is 1. The molecule has 1 saturated heterocycles. The summed E-state index contributed by atoms with van der Waals surface area (Å²) in [6, 6.07) is 3.55. The van der Waals surface area contributed by atoms with Gasteiger partial charge < -0.3 is 14.2 Å². The first-order valence-electron chi connectivity index (χ1n) is 9.01. The van der Waals surface area contributed by atoms with Crippen LogP contribution in [0.4, 0.5) is 0 Å². The Morgan fingerprint density at radius 3 is 2.71 bits per heavy atom. The summed E-state index contributed by atoms with van der Waals surface area (Å²) in [5.74, 6) is 0.363. The highest BCUT2D eigenvalue weighted by Crippen LogP contribution is 2.36. The lowest BCUT2D eigenvalue weighted by Gasteiger charge is -2.32. The minimum absolute atomic E-state index is 0.197. The molecular formula is C19H21ClN4O4. The lowest BCUT2D eigenvalue weighted by Crippen LogP contribution is -2.32. The maximum Gasteiger partial charge on any atom is 0.338 e. The maximum atomic E-state index is 12.2. The van der Waals surface area contributed by atoms with Crippen LogP contribution in [0, 0.1) is 0 Å². The third-order valence-electron chi connectivity index (χ3n) is 5.35. The molecule has 0 unspecified atom stereocenters. The molecule has 0 saturated carbocycles. The summed E-state index contributed by atoms with van der Waals surface area (Å²) in [5.41, 5.74) is 2.72. The molecule has 3 heterocycles. The molecule has 2 aromatic heterocycles. The van der Waals surface area contributed by atoms with Crippen LogP contribution in [0.15, 0.2) is 12.1 Å². The molecule has 0 bridgehead atoms. The van der Waals surface area contributed by atoms with Gasteiger partial charge in [0.1, 0.15) is 5.82 Å². The largest absolute Gasteiger partial charge is 0.465 e. The van der Waals surface area contributed by atoms with Crippen LogP contribution in [0.3, 0.4) is 0 Å². The van der Waals surface area contributed by atoms with Crippen molar-refractivity contribution >= 4 is 34.3 Å². The number of rotatable bonds is 4. The fraction of sp³-hybridized carbons (Fsp3) is 0.474. The number of hydrogen-bond donors (Lipinski definition) is 0. The summed E-state index contributed by atoms with van der Waals surface area (Å²) in [6.45, 7) is 3.76. The topological polar surface area (TPSA) is 87.8 Å². The second kappa shape index (κ2) is 7.27. The van der Waals surface area contributed by atoms with Crippen LogP contribution in [-0.4, -0.2) is 53.0 Å². The van der Waals surface area contributed by atoms with Gasteiger partial charge >= 0.3 is 5.97 Å². The summed E-state index contributed by atoms with van der Waals surface area (Å²) in [4.78, 5) is 16.7. The van der Waals surface area contributed by atoms with Gasteiger partial charge in [-0.25, -0.2) is 9.78 Å². The zero-order chi connectivity index (χ0) is 19.9. The number of ether oxygens (including phenoxy) is 3. The number of esters is 1. The van der Waals surface area contributed by atoms with Gasteiger partial charge in [-0.1, -0.05) is 18.5 Å². The quantitative estimate of drug-likeness (QED) is 0.617. The second-order valence-corrected chi connectivity index (χ2v) is 7.54. The smallest absolute Gasteiger partial charge is 0.338 e. The molecule has 0 aliphatic carbocycles. The fourth-order valence-electron chi connectivity index (χ4n) is 3.70. The summed E-state index contributed by atoms with van der Waals surface area (Å²) in [6.07, 6.45) is 1.67. The van der Waals surface area contributed by atoms with Gasteiger partial charge in [-0.15, -0.1) is 10.2 Å². The molecule has 9 heteroatoms. The van der Waals surface area contributed by atoms with E-state index in [1.54, 1.807) is 13.2 Å². The van der Waals surface area contributed by atoms with E-state index in [-0.39, 0.29) is 17.2 Å². The van der Waals surface area contributed by atoms with Crippen LogP contribution >= 0.6 is 11.6 Å². The third-order valence-corrected chi connectivity index (χ3v) is 5.60. The monoisotopic (exact) mass is 404 g/mol. The molecule has 0 N–H and O–H groups in total. The average Bonchev–Trinajstić information content (AvgIpc) is 3.15. The van der Waals surface area contributed by atoms with Crippen LogP contribution in [0.2, 0.25) is 5.15 Å². The average molecular weight is 405 g/mol. The van der Waals surface area contributed by atoms with Crippen molar-refractivity contribution in [1.29, 1.82) is 0 Å². The van der Waals surface area contributed by atoms with Gasteiger partial charge in [0, 0.05) is 25.7 Å². The van der Waals surface area contributed by atoms with Gasteiger partial charge in [0.05, 0.1) is 30.3 Å². The van der Waals surface area contributed by atoms with E-state index < -0.39 is 5.97 Å². The molecule has 4 rings (SSSR count). The van der Waals surface area contributed by atoms with Crippen molar-refractivity contribution in [3.05, 3.63) is 34.2 Å². The first-order valence-corrected chi connectivity index (χ1v) is 9.39. The number of carbonyl (C=O) groups is 1. The van der Waals surface area contributed by atoms with Crippen molar-refractivity contribution in [2.24, 2.45) is 0 Å². The normalized spacial score (nSPS) is 16.6. The summed E-state index contributed by atoms with van der Waals surface area (Å²) in [7, 11) is 2.92. The van der Waals surface area contributed by atoms with E-state index >= 15 is 0 Å². The van der Waals surface area contributed by atoms with E-state index in [9.17, 15) is 4.79 Å². The summed E-state index contributed by atoms with van der Waals surface area (Å²) in [5, 5.41) is 8.99. The molecule has 1 aromatic carbocycles. The molecule has 0 atom stereocenters. The lowest BCUT2D eigenvalue weighted by atomic mass is 9.81. The van der Waals surface area contributed by atoms with E-state index in [2.05, 4.69) is 22.1 Å². The molecule has 8 nitrogen and oxygen atoms in total. The van der Waals surface area contributed by atoms with Crippen molar-refractivity contribution in [2.75, 3.05) is 27.4 Å². The van der Waals surface area contributed by atoms with Gasteiger partial charge in [0.15, 0.2) is 10.8 Å². The zero-order valence-electron chi connectivity index (χ0n) is 16.0. The van der Waals surface area contributed by atoms with Crippen molar-refractivity contribution in [3.63, 3.8) is 0 Å². The first kappa shape index (κ1) is 19.0. The van der Waals surface area contributed by atoms with Crippen molar-refractivity contribution in [2.45, 2.75) is 31.8 Å². The van der Waals surface area contributed by atoms with Crippen LogP contribution in [0.1, 0.15) is 41.5 Å². The molecule has 1 aliphatic rings. The molecule has 1 fully saturated rings.